The number of H-pyrrole nitrogens is 2. The van der Waals surface area contributed by atoms with Crippen LogP contribution in [0.3, 0.4) is 0 Å². The summed E-state index contributed by atoms with van der Waals surface area (Å²) >= 11 is 6.28. The molecule has 0 aliphatic heterocycles. The highest BCUT2D eigenvalue weighted by Gasteiger charge is 2.41. The number of nitrogens with one attached hydrogen (secondary N) is 2. The van der Waals surface area contributed by atoms with Crippen LogP contribution in [0.25, 0.3) is 11.3 Å². The van der Waals surface area contributed by atoms with E-state index < -0.39 is 11.2 Å². The minimum Gasteiger partial charge on any atom is -0.313 e. The second-order valence-electron chi connectivity index (χ2n) is 6.83. The predicted molar refractivity (Wildman–Crippen MR) is 99.7 cm³/mol. The zero-order chi connectivity index (χ0) is 18.4. The third kappa shape index (κ3) is 3.08. The molecule has 1 aliphatic carbocycles. The smallest absolute Gasteiger partial charge is 0.313 e. The van der Waals surface area contributed by atoms with Gasteiger partial charge in [-0.1, -0.05) is 40.9 Å². The maximum absolute atomic E-state index is 12.0. The Balaban J connectivity index is 1.70. The van der Waals surface area contributed by atoms with Crippen molar-refractivity contribution in [2.75, 3.05) is 0 Å². The largest absolute Gasteiger partial charge is 0.325 e. The summed E-state index contributed by atoms with van der Waals surface area (Å²) in [6.45, 7) is 4.19. The van der Waals surface area contributed by atoms with Crippen molar-refractivity contribution >= 4 is 11.6 Å². The number of rotatable bonds is 3. The van der Waals surface area contributed by atoms with Gasteiger partial charge < -0.3 is 4.98 Å². The second-order valence-corrected chi connectivity index (χ2v) is 7.19. The van der Waals surface area contributed by atoms with E-state index in [0.717, 1.165) is 12.0 Å². The average Bonchev–Trinajstić information content (AvgIpc) is 3.35. The van der Waals surface area contributed by atoms with Gasteiger partial charge in [-0.25, -0.2) is 4.79 Å². The van der Waals surface area contributed by atoms with E-state index in [0.29, 0.717) is 16.8 Å². The molecule has 0 amide bonds. The molecule has 2 heterocycles. The lowest BCUT2D eigenvalue weighted by Gasteiger charge is -2.07. The van der Waals surface area contributed by atoms with Crippen molar-refractivity contribution in [3.8, 4) is 11.3 Å². The van der Waals surface area contributed by atoms with Gasteiger partial charge in [-0.15, -0.1) is 10.2 Å². The molecule has 132 valence electrons. The van der Waals surface area contributed by atoms with Crippen LogP contribution in [0.2, 0.25) is 5.15 Å². The topological polar surface area (TPSA) is 91.5 Å². The molecule has 0 bridgehead atoms. The van der Waals surface area contributed by atoms with Crippen molar-refractivity contribution in [2.24, 2.45) is 0 Å². The van der Waals surface area contributed by atoms with Crippen LogP contribution in [0.15, 0.2) is 40.1 Å². The standard InChI is InChI=1S/C19H17ClN4O2/c1-9-3-10(2)5-11(4-9)12-6-13(12)14-7-16(23-24-17(14)20)15-8-21-19(26)22-18(15)25/h3-5,7-8,12-13H,6H2,1-2H3,(H2,21,22,25,26)/t12-,13+/m1/s1. The fourth-order valence-corrected chi connectivity index (χ4v) is 3.75. The molecule has 0 unspecified atom stereocenters. The third-order valence-corrected chi connectivity index (χ3v) is 5.03. The van der Waals surface area contributed by atoms with Gasteiger partial charge in [0, 0.05) is 6.20 Å². The fourth-order valence-electron chi connectivity index (χ4n) is 3.51. The number of aromatic amines is 2. The van der Waals surface area contributed by atoms with Crippen LogP contribution in [0.1, 0.15) is 40.5 Å². The molecule has 1 aliphatic rings. The van der Waals surface area contributed by atoms with E-state index in [2.05, 4.69) is 52.2 Å². The molecule has 7 heteroatoms. The summed E-state index contributed by atoms with van der Waals surface area (Å²) in [5.74, 6) is 0.636. The highest BCUT2D eigenvalue weighted by atomic mass is 35.5. The van der Waals surface area contributed by atoms with Gasteiger partial charge in [-0.2, -0.15) is 0 Å². The van der Waals surface area contributed by atoms with Gasteiger partial charge in [0.15, 0.2) is 5.15 Å². The van der Waals surface area contributed by atoms with E-state index in [1.54, 1.807) is 6.07 Å². The molecule has 1 aromatic carbocycles. The maximum atomic E-state index is 12.0. The zero-order valence-electron chi connectivity index (χ0n) is 14.3. The summed E-state index contributed by atoms with van der Waals surface area (Å²) < 4.78 is 0. The van der Waals surface area contributed by atoms with Crippen molar-refractivity contribution in [2.45, 2.75) is 32.1 Å². The molecule has 2 aromatic heterocycles. The number of benzene rings is 1. The first-order valence-electron chi connectivity index (χ1n) is 8.36. The van der Waals surface area contributed by atoms with Crippen LogP contribution in [-0.2, 0) is 0 Å². The van der Waals surface area contributed by atoms with Gasteiger partial charge in [-0.3, -0.25) is 9.78 Å². The molecule has 2 atom stereocenters. The molecule has 1 saturated carbocycles. The highest BCUT2D eigenvalue weighted by molar-refractivity contribution is 6.30. The van der Waals surface area contributed by atoms with Crippen LogP contribution < -0.4 is 11.2 Å². The van der Waals surface area contributed by atoms with Gasteiger partial charge in [0.1, 0.15) is 5.69 Å². The highest BCUT2D eigenvalue weighted by Crippen LogP contribution is 2.56. The minimum atomic E-state index is -0.557. The van der Waals surface area contributed by atoms with Crippen molar-refractivity contribution in [1.82, 2.24) is 20.2 Å². The summed E-state index contributed by atoms with van der Waals surface area (Å²) in [7, 11) is 0. The van der Waals surface area contributed by atoms with Gasteiger partial charge in [-0.05, 0) is 49.3 Å². The van der Waals surface area contributed by atoms with Crippen molar-refractivity contribution in [3.05, 3.63) is 78.7 Å². The van der Waals surface area contributed by atoms with Gasteiger partial charge in [0.05, 0.1) is 5.56 Å². The van der Waals surface area contributed by atoms with Crippen LogP contribution in [-0.4, -0.2) is 20.2 Å². The van der Waals surface area contributed by atoms with Crippen molar-refractivity contribution < 1.29 is 0 Å². The number of hydrogen-bond donors (Lipinski definition) is 2. The summed E-state index contributed by atoms with van der Waals surface area (Å²) in [6.07, 6.45) is 2.33. The Labute approximate surface area is 154 Å². The van der Waals surface area contributed by atoms with Crippen molar-refractivity contribution in [1.29, 1.82) is 0 Å². The Morgan fingerprint density at radius 3 is 2.46 bits per heavy atom. The van der Waals surface area contributed by atoms with E-state index in [4.69, 9.17) is 11.6 Å². The van der Waals surface area contributed by atoms with Gasteiger partial charge in [0.25, 0.3) is 5.56 Å². The molecule has 3 aromatic rings. The van der Waals surface area contributed by atoms with E-state index in [1.807, 2.05) is 0 Å². The van der Waals surface area contributed by atoms with Gasteiger partial charge >= 0.3 is 5.69 Å². The molecule has 4 rings (SSSR count). The number of aromatic nitrogens is 4. The monoisotopic (exact) mass is 368 g/mol. The maximum Gasteiger partial charge on any atom is 0.325 e. The summed E-state index contributed by atoms with van der Waals surface area (Å²) in [5, 5.41) is 8.38. The van der Waals surface area contributed by atoms with Gasteiger partial charge in [0.2, 0.25) is 0 Å². The Morgan fingerprint density at radius 2 is 1.77 bits per heavy atom. The Kier molecular flexibility index (Phi) is 4.00. The molecule has 2 N–H and O–H groups in total. The van der Waals surface area contributed by atoms with Crippen LogP contribution in [0.5, 0.6) is 0 Å². The summed E-state index contributed by atoms with van der Waals surface area (Å²) in [4.78, 5) is 27.9. The van der Waals surface area contributed by atoms with Crippen molar-refractivity contribution in [3.63, 3.8) is 0 Å². The third-order valence-electron chi connectivity index (χ3n) is 4.73. The average molecular weight is 369 g/mol. The number of aryl methyl sites for hydroxylation is 2. The van der Waals surface area contributed by atoms with E-state index in [1.165, 1.54) is 22.9 Å². The number of halogens is 1. The predicted octanol–water partition coefficient (Wildman–Crippen LogP) is 3.06. The number of nitrogens with zero attached hydrogens (tertiary/aromatic N) is 2. The summed E-state index contributed by atoms with van der Waals surface area (Å²) in [6, 6.07) is 8.36. The SMILES string of the molecule is Cc1cc(C)cc([C@H]2C[C@@H]2c2cc(-c3c[nH]c(=O)[nH]c3=O)nnc2Cl)c1. The molecule has 6 nitrogen and oxygen atoms in total. The Bertz CT molecular complexity index is 1100. The van der Waals surface area contributed by atoms with Crippen LogP contribution in [0, 0.1) is 13.8 Å². The first-order chi connectivity index (χ1) is 12.4. The van der Waals surface area contributed by atoms with Crippen LogP contribution >= 0.6 is 11.6 Å². The molecule has 0 spiro atoms. The lowest BCUT2D eigenvalue weighted by molar-refractivity contribution is 0.950. The Morgan fingerprint density at radius 1 is 1.04 bits per heavy atom. The fraction of sp³-hybridized carbons (Fsp3) is 0.263. The molecule has 0 radical (unpaired) electrons. The molecular weight excluding hydrogens is 352 g/mol. The normalized spacial score (nSPS) is 18.7. The van der Waals surface area contributed by atoms with E-state index in [-0.39, 0.29) is 11.5 Å². The molecular formula is C19H17ClN4O2. The number of hydrogen-bond acceptors (Lipinski definition) is 4. The lowest BCUT2D eigenvalue weighted by atomic mass is 10.0. The van der Waals surface area contributed by atoms with E-state index >= 15 is 0 Å². The second kappa shape index (κ2) is 6.21. The quantitative estimate of drug-likeness (QED) is 0.743. The molecule has 1 fully saturated rings. The van der Waals surface area contributed by atoms with E-state index in [9.17, 15) is 9.59 Å². The first-order valence-corrected chi connectivity index (χ1v) is 8.74. The zero-order valence-corrected chi connectivity index (χ0v) is 15.1. The Hall–Kier alpha value is -2.73. The first kappa shape index (κ1) is 16.7. The van der Waals surface area contributed by atoms with Crippen LogP contribution in [0.4, 0.5) is 0 Å². The minimum absolute atomic E-state index is 0.250. The summed E-state index contributed by atoms with van der Waals surface area (Å²) in [5.41, 5.74) is 4.26. The lowest BCUT2D eigenvalue weighted by Crippen LogP contribution is -2.23. The molecule has 0 saturated heterocycles. The molecule has 26 heavy (non-hydrogen) atoms.